The molecule has 0 bridgehead atoms. The highest BCUT2D eigenvalue weighted by Crippen LogP contribution is 2.26. The summed E-state index contributed by atoms with van der Waals surface area (Å²) in [7, 11) is 7.80. The van der Waals surface area contributed by atoms with Gasteiger partial charge >= 0.3 is 11.9 Å². The number of carboxylic acid groups (broad SMARTS) is 1. The van der Waals surface area contributed by atoms with Crippen molar-refractivity contribution in [3.05, 3.63) is 65.2 Å². The first-order chi connectivity index (χ1) is 16.2. The molecule has 0 aliphatic carbocycles. The van der Waals surface area contributed by atoms with Gasteiger partial charge in [0.1, 0.15) is 0 Å². The van der Waals surface area contributed by atoms with Crippen molar-refractivity contribution < 1.29 is 24.2 Å². The van der Waals surface area contributed by atoms with Crippen molar-refractivity contribution in [2.45, 2.75) is 32.1 Å². The maximum absolute atomic E-state index is 12.8. The molecular formula is C26H37N3O5. The Hall–Kier alpha value is -2.94. The Bertz CT molecular complexity index is 915. The molecule has 0 heterocycles. The molecule has 0 aliphatic heterocycles. The molecule has 2 N–H and O–H groups in total. The highest BCUT2D eigenvalue weighted by atomic mass is 16.6. The van der Waals surface area contributed by atoms with Crippen LogP contribution in [-0.4, -0.2) is 76.1 Å². The van der Waals surface area contributed by atoms with Crippen LogP contribution in [0.2, 0.25) is 0 Å². The largest absolute Gasteiger partial charge is 0.478 e. The van der Waals surface area contributed by atoms with Crippen LogP contribution in [0.15, 0.2) is 48.5 Å². The van der Waals surface area contributed by atoms with Crippen molar-refractivity contribution in [3.63, 3.8) is 0 Å². The summed E-state index contributed by atoms with van der Waals surface area (Å²) in [6, 6.07) is 14.0. The standard InChI is InChI=1S/C26H37N3O5/c1-6-9-23(21-10-7-8-11-22(21)25(30)31)33-18-24(27-16-17-28(2)3)34-26(32)19-12-14-20(15-13-19)29(4)5/h7-8,10-15,23-24,27H,6,9,16-18H2,1-5H3,(H,30,31). The summed E-state index contributed by atoms with van der Waals surface area (Å²) in [6.45, 7) is 3.46. The fraction of sp³-hybridized carbons (Fsp3) is 0.462. The number of likely N-dealkylation sites (N-methyl/N-ethyl adjacent to an activating group) is 1. The second kappa shape index (κ2) is 13.7. The number of rotatable bonds is 14. The third-order valence-electron chi connectivity index (χ3n) is 5.34. The summed E-state index contributed by atoms with van der Waals surface area (Å²) in [5, 5.41) is 12.8. The fourth-order valence-corrected chi connectivity index (χ4v) is 3.44. The van der Waals surface area contributed by atoms with E-state index in [4.69, 9.17) is 9.47 Å². The van der Waals surface area contributed by atoms with Crippen LogP contribution in [0.3, 0.4) is 0 Å². The van der Waals surface area contributed by atoms with Crippen LogP contribution >= 0.6 is 0 Å². The first-order valence-electron chi connectivity index (χ1n) is 11.5. The summed E-state index contributed by atoms with van der Waals surface area (Å²) in [4.78, 5) is 28.5. The van der Waals surface area contributed by atoms with Gasteiger partial charge in [-0.25, -0.2) is 9.59 Å². The third kappa shape index (κ3) is 8.44. The van der Waals surface area contributed by atoms with Crippen molar-refractivity contribution in [2.24, 2.45) is 0 Å². The number of carbonyl (C=O) groups is 2. The number of hydrogen-bond acceptors (Lipinski definition) is 7. The third-order valence-corrected chi connectivity index (χ3v) is 5.34. The van der Waals surface area contributed by atoms with Crippen LogP contribution in [0.4, 0.5) is 5.69 Å². The summed E-state index contributed by atoms with van der Waals surface area (Å²) in [6.07, 6.45) is 0.357. The molecule has 2 aromatic carbocycles. The Morgan fingerprint density at radius 2 is 1.71 bits per heavy atom. The molecule has 2 rings (SSSR count). The van der Waals surface area contributed by atoms with E-state index in [0.717, 1.165) is 18.7 Å². The minimum Gasteiger partial charge on any atom is -0.478 e. The lowest BCUT2D eigenvalue weighted by molar-refractivity contribution is -0.0434. The van der Waals surface area contributed by atoms with Gasteiger partial charge in [0, 0.05) is 32.9 Å². The fourth-order valence-electron chi connectivity index (χ4n) is 3.44. The molecule has 0 spiro atoms. The molecule has 34 heavy (non-hydrogen) atoms. The molecule has 0 saturated heterocycles. The quantitative estimate of drug-likeness (QED) is 0.319. The van der Waals surface area contributed by atoms with E-state index in [-0.39, 0.29) is 12.2 Å². The van der Waals surface area contributed by atoms with Crippen LogP contribution in [0.25, 0.3) is 0 Å². The Balaban J connectivity index is 2.14. The molecule has 0 radical (unpaired) electrons. The molecule has 0 aromatic heterocycles. The SMILES string of the molecule is CCCC(OCC(NCCN(C)C)OC(=O)c1ccc(N(C)C)cc1)c1ccccc1C(=O)O. The van der Waals surface area contributed by atoms with E-state index in [2.05, 4.69) is 5.32 Å². The van der Waals surface area contributed by atoms with Gasteiger partial charge in [-0.2, -0.15) is 0 Å². The zero-order valence-corrected chi connectivity index (χ0v) is 20.8. The van der Waals surface area contributed by atoms with Crippen molar-refractivity contribution in [1.29, 1.82) is 0 Å². The van der Waals surface area contributed by atoms with Gasteiger partial charge in [0.25, 0.3) is 0 Å². The highest BCUT2D eigenvalue weighted by molar-refractivity contribution is 5.90. The average Bonchev–Trinajstić information content (AvgIpc) is 2.81. The maximum atomic E-state index is 12.8. The number of hydrogen-bond donors (Lipinski definition) is 2. The van der Waals surface area contributed by atoms with Gasteiger partial charge in [0.15, 0.2) is 6.23 Å². The number of carbonyl (C=O) groups excluding carboxylic acids is 1. The number of nitrogens with one attached hydrogen (secondary N) is 1. The highest BCUT2D eigenvalue weighted by Gasteiger charge is 2.22. The molecule has 2 unspecified atom stereocenters. The summed E-state index contributed by atoms with van der Waals surface area (Å²) >= 11 is 0. The number of nitrogens with zero attached hydrogens (tertiary/aromatic N) is 2. The smallest absolute Gasteiger partial charge is 0.339 e. The Labute approximate surface area is 202 Å². The minimum absolute atomic E-state index is 0.0908. The van der Waals surface area contributed by atoms with E-state index in [1.807, 2.05) is 57.0 Å². The summed E-state index contributed by atoms with van der Waals surface area (Å²) in [5.41, 5.74) is 2.27. The Morgan fingerprint density at radius 1 is 1.03 bits per heavy atom. The number of carboxylic acids is 1. The van der Waals surface area contributed by atoms with Crippen LogP contribution < -0.4 is 10.2 Å². The van der Waals surface area contributed by atoms with Crippen LogP contribution in [0.1, 0.15) is 52.1 Å². The summed E-state index contributed by atoms with van der Waals surface area (Å²) in [5.74, 6) is -1.44. The van der Waals surface area contributed by atoms with E-state index in [1.165, 1.54) is 0 Å². The molecule has 0 amide bonds. The lowest BCUT2D eigenvalue weighted by Crippen LogP contribution is -2.41. The summed E-state index contributed by atoms with van der Waals surface area (Å²) < 4.78 is 11.9. The van der Waals surface area contributed by atoms with Gasteiger partial charge in [-0.15, -0.1) is 0 Å². The monoisotopic (exact) mass is 471 g/mol. The van der Waals surface area contributed by atoms with E-state index in [0.29, 0.717) is 24.1 Å². The molecule has 8 heteroatoms. The molecular weight excluding hydrogens is 434 g/mol. The first-order valence-corrected chi connectivity index (χ1v) is 11.5. The van der Waals surface area contributed by atoms with Crippen LogP contribution in [-0.2, 0) is 9.47 Å². The van der Waals surface area contributed by atoms with Gasteiger partial charge in [0.2, 0.25) is 0 Å². The van der Waals surface area contributed by atoms with Crippen molar-refractivity contribution in [3.8, 4) is 0 Å². The number of benzene rings is 2. The number of ether oxygens (including phenoxy) is 2. The molecule has 8 nitrogen and oxygen atoms in total. The predicted octanol–water partition coefficient (Wildman–Crippen LogP) is 3.64. The van der Waals surface area contributed by atoms with E-state index >= 15 is 0 Å². The lowest BCUT2D eigenvalue weighted by atomic mass is 9.99. The van der Waals surface area contributed by atoms with Gasteiger partial charge in [-0.1, -0.05) is 31.5 Å². The predicted molar refractivity (Wildman–Crippen MR) is 134 cm³/mol. The Morgan fingerprint density at radius 3 is 2.29 bits per heavy atom. The van der Waals surface area contributed by atoms with E-state index in [1.54, 1.807) is 36.4 Å². The van der Waals surface area contributed by atoms with Gasteiger partial charge in [-0.05, 0) is 56.4 Å². The Kier molecular flexibility index (Phi) is 11.0. The zero-order chi connectivity index (χ0) is 25.1. The van der Waals surface area contributed by atoms with Gasteiger partial charge in [0.05, 0.1) is 23.8 Å². The van der Waals surface area contributed by atoms with Gasteiger partial charge in [-0.3, -0.25) is 5.32 Å². The minimum atomic E-state index is -0.992. The maximum Gasteiger partial charge on any atom is 0.339 e. The van der Waals surface area contributed by atoms with Crippen molar-refractivity contribution in [1.82, 2.24) is 10.2 Å². The van der Waals surface area contributed by atoms with E-state index in [9.17, 15) is 14.7 Å². The average molecular weight is 472 g/mol. The van der Waals surface area contributed by atoms with Crippen molar-refractivity contribution in [2.75, 3.05) is 52.8 Å². The lowest BCUT2D eigenvalue weighted by Gasteiger charge is -2.25. The topological polar surface area (TPSA) is 91.3 Å². The first kappa shape index (κ1) is 27.3. The second-order valence-corrected chi connectivity index (χ2v) is 8.60. The molecule has 2 atom stereocenters. The van der Waals surface area contributed by atoms with Crippen LogP contribution in [0.5, 0.6) is 0 Å². The molecule has 0 saturated carbocycles. The molecule has 0 aliphatic rings. The molecule has 2 aromatic rings. The number of esters is 1. The van der Waals surface area contributed by atoms with Crippen molar-refractivity contribution >= 4 is 17.6 Å². The molecule has 186 valence electrons. The van der Waals surface area contributed by atoms with Crippen LogP contribution in [0, 0.1) is 0 Å². The number of anilines is 1. The van der Waals surface area contributed by atoms with E-state index < -0.39 is 24.3 Å². The zero-order valence-electron chi connectivity index (χ0n) is 20.8. The normalized spacial score (nSPS) is 12.9. The molecule has 0 fully saturated rings. The van der Waals surface area contributed by atoms with Gasteiger partial charge < -0.3 is 24.4 Å². The number of aromatic carboxylic acids is 1. The second-order valence-electron chi connectivity index (χ2n) is 8.60.